The second kappa shape index (κ2) is 18.8. The van der Waals surface area contributed by atoms with Gasteiger partial charge >= 0.3 is 65.1 Å². The molecule has 0 fully saturated rings. The minimum Gasteiger partial charge on any atom is -0.565 e. The van der Waals surface area contributed by atoms with Crippen molar-refractivity contribution in [3.8, 4) is 0 Å². The number of aliphatic carboxylic acids is 1. The number of fused-ring (bicyclic) bond motifs is 1. The van der Waals surface area contributed by atoms with Gasteiger partial charge in [-0.15, -0.1) is 0 Å². The van der Waals surface area contributed by atoms with Crippen LogP contribution in [0.2, 0.25) is 0 Å². The van der Waals surface area contributed by atoms with Gasteiger partial charge in [0.15, 0.2) is 0 Å². The molecule has 0 heterocycles. The topological polar surface area (TPSA) is 187 Å². The maximum atomic E-state index is 12.4. The van der Waals surface area contributed by atoms with E-state index in [0.29, 0.717) is 25.7 Å². The molecule has 2 aliphatic carbocycles. The molecular weight excluding hydrogens is 494 g/mol. The Morgan fingerprint density at radius 2 is 1.75 bits per heavy atom. The van der Waals surface area contributed by atoms with E-state index in [1.54, 1.807) is 0 Å². The molecule has 36 heavy (non-hydrogen) atoms. The Bertz CT molecular complexity index is 753. The van der Waals surface area contributed by atoms with E-state index in [1.165, 1.54) is 0 Å². The van der Waals surface area contributed by atoms with E-state index in [-0.39, 0.29) is 95.2 Å². The summed E-state index contributed by atoms with van der Waals surface area (Å²) >= 11 is 0. The van der Waals surface area contributed by atoms with Crippen molar-refractivity contribution in [2.75, 3.05) is 0 Å². The number of carbonyl (C=O) groups is 3. The molecule has 0 saturated carbocycles. The van der Waals surface area contributed by atoms with E-state index in [9.17, 15) is 30.0 Å². The number of hydrogen-bond acceptors (Lipinski definition) is 9. The maximum Gasteiger partial charge on any atom is 1.00 e. The zero-order valence-corrected chi connectivity index (χ0v) is 25.8. The first-order valence-electron chi connectivity index (χ1n) is 11.6. The quantitative estimate of drug-likeness (QED) is 0.156. The zero-order valence-electron chi connectivity index (χ0n) is 21.8. The Morgan fingerprint density at radius 1 is 1.17 bits per heavy atom. The summed E-state index contributed by atoms with van der Waals surface area (Å²) in [6, 6.07) is 0. The maximum absolute atomic E-state index is 12.4. The summed E-state index contributed by atoms with van der Waals surface area (Å²) in [6.07, 6.45) is 2.23. The summed E-state index contributed by atoms with van der Waals surface area (Å²) in [5, 5.41) is 56.1. The Balaban J connectivity index is 0. The van der Waals surface area contributed by atoms with E-state index >= 15 is 0 Å². The van der Waals surface area contributed by atoms with Gasteiger partial charge in [-0.05, 0) is 43.1 Å². The molecule has 0 spiro atoms. The molecule has 0 aliphatic heterocycles. The molecule has 2 rings (SSSR count). The van der Waals surface area contributed by atoms with Gasteiger partial charge in [-0.1, -0.05) is 39.0 Å². The molecule has 0 radical (unpaired) electrons. The van der Waals surface area contributed by atoms with Gasteiger partial charge in [-0.2, -0.15) is 0 Å². The van der Waals surface area contributed by atoms with Crippen LogP contribution >= 0.6 is 0 Å². The number of aliphatic hydroxyl groups excluding tert-OH is 3. The molecule has 0 amide bonds. The van der Waals surface area contributed by atoms with Crippen LogP contribution < -0.4 is 69.3 Å². The first-order chi connectivity index (χ1) is 15.8. The Labute approximate surface area is 256 Å². The molecule has 4 N–H and O–H groups in total. The summed E-state index contributed by atoms with van der Waals surface area (Å²) in [5.41, 5.74) is 0.949. The van der Waals surface area contributed by atoms with Crippen LogP contribution in [0.5, 0.6) is 0 Å². The molecule has 0 saturated heterocycles. The van der Waals surface area contributed by atoms with Gasteiger partial charge < -0.3 is 45.0 Å². The monoisotopic (exact) mass is 530 g/mol. The van der Waals surface area contributed by atoms with Crippen LogP contribution in [0, 0.1) is 23.7 Å². The van der Waals surface area contributed by atoms with E-state index < -0.39 is 43.0 Å². The summed E-state index contributed by atoms with van der Waals surface area (Å²) in [6.45, 7) is 5.83. The number of carboxylic acid groups (broad SMARTS) is 3. The van der Waals surface area contributed by atoms with Gasteiger partial charge in [0.2, 0.25) is 6.16 Å². The molecule has 0 aromatic rings. The fourth-order valence-electron chi connectivity index (χ4n) is 4.51. The average Bonchev–Trinajstić information content (AvgIpc) is 2.71. The van der Waals surface area contributed by atoms with Crippen molar-refractivity contribution in [2.24, 2.45) is 23.7 Å². The first-order valence-corrected chi connectivity index (χ1v) is 11.6. The van der Waals surface area contributed by atoms with Crippen LogP contribution in [-0.4, -0.2) is 62.9 Å². The number of carboxylic acids is 1. The smallest absolute Gasteiger partial charge is 0.565 e. The van der Waals surface area contributed by atoms with Crippen molar-refractivity contribution in [1.82, 2.24) is 0 Å². The number of hydrogen-bond donors (Lipinski definition) is 4. The van der Waals surface area contributed by atoms with Crippen molar-refractivity contribution in [3.63, 3.8) is 0 Å². The summed E-state index contributed by atoms with van der Waals surface area (Å²) in [4.78, 5) is 31.5. The van der Waals surface area contributed by atoms with E-state index in [4.69, 9.17) is 19.7 Å². The van der Waals surface area contributed by atoms with Crippen molar-refractivity contribution in [1.29, 1.82) is 0 Å². The van der Waals surface area contributed by atoms with Crippen LogP contribution in [-0.2, 0) is 14.3 Å². The molecule has 2 aliphatic rings. The zero-order chi connectivity index (χ0) is 26.0. The third-order valence-corrected chi connectivity index (χ3v) is 6.43. The van der Waals surface area contributed by atoms with Crippen molar-refractivity contribution in [3.05, 3.63) is 23.8 Å². The van der Waals surface area contributed by atoms with Crippen molar-refractivity contribution < 1.29 is 109 Å². The SMILES string of the molecule is CC[C@H](C)C(=O)O[C@H]1C[C@H](O)C=C2C=C[C@H](C)[C@H](CC[C@@H](O)C[C@@H](O)CC(=O)[O-])[C@H]21.O=C([O-])O.[Na+].[Na+]. The fraction of sp³-hybridized carbons (Fsp3) is 0.708. The van der Waals surface area contributed by atoms with Gasteiger partial charge in [0, 0.05) is 24.7 Å². The molecular formula is C24H36Na2O10. The molecule has 194 valence electrons. The van der Waals surface area contributed by atoms with Crippen LogP contribution in [0.25, 0.3) is 0 Å². The molecule has 8 atom stereocenters. The van der Waals surface area contributed by atoms with Crippen molar-refractivity contribution >= 4 is 18.1 Å². The number of aliphatic hydroxyl groups is 3. The summed E-state index contributed by atoms with van der Waals surface area (Å²) in [5.74, 6) is -1.60. The number of allylic oxidation sites excluding steroid dienone is 2. The fourth-order valence-corrected chi connectivity index (χ4v) is 4.51. The van der Waals surface area contributed by atoms with E-state index in [1.807, 2.05) is 26.0 Å². The van der Waals surface area contributed by atoms with E-state index in [2.05, 4.69) is 13.0 Å². The Kier molecular flexibility index (Phi) is 19.7. The number of rotatable bonds is 10. The number of esters is 1. The summed E-state index contributed by atoms with van der Waals surface area (Å²) in [7, 11) is 0. The number of ether oxygens (including phenoxy) is 1. The third kappa shape index (κ3) is 13.4. The van der Waals surface area contributed by atoms with Gasteiger partial charge in [0.05, 0.1) is 24.2 Å². The van der Waals surface area contributed by atoms with Crippen LogP contribution in [0.4, 0.5) is 4.79 Å². The van der Waals surface area contributed by atoms with Crippen LogP contribution in [0.3, 0.4) is 0 Å². The van der Waals surface area contributed by atoms with Crippen molar-refractivity contribution in [2.45, 2.75) is 83.7 Å². The van der Waals surface area contributed by atoms with Gasteiger partial charge in [0.1, 0.15) is 6.10 Å². The largest absolute Gasteiger partial charge is 1.00 e. The third-order valence-electron chi connectivity index (χ3n) is 6.43. The average molecular weight is 531 g/mol. The number of carbonyl (C=O) groups excluding carboxylic acids is 2. The summed E-state index contributed by atoms with van der Waals surface area (Å²) < 4.78 is 5.83. The van der Waals surface area contributed by atoms with E-state index in [0.717, 1.165) is 5.57 Å². The van der Waals surface area contributed by atoms with Gasteiger partial charge in [-0.3, -0.25) is 4.79 Å². The Morgan fingerprint density at radius 3 is 2.28 bits per heavy atom. The molecule has 0 aromatic carbocycles. The van der Waals surface area contributed by atoms with Crippen LogP contribution in [0.15, 0.2) is 23.8 Å². The standard InChI is InChI=1S/C23H36O7.CH2O3.2Na/c1-4-13(2)23(29)30-20-11-17(25)9-15-6-5-14(3)19(22(15)20)8-7-16(24)10-18(26)12-21(27)28;2-1(3)4;;/h5-6,9,13-14,16-20,22,24-26H,4,7-8,10-12H2,1-3H3,(H,27,28);(H2,2,3,4);;/q;;2*+1/p-2/t13-,14-,16+,17+,18+,19-,20-,22-;;;/m0.../s1. The predicted octanol–water partition coefficient (Wildman–Crippen LogP) is -6.00. The van der Waals surface area contributed by atoms with Gasteiger partial charge in [0.25, 0.3) is 0 Å². The molecule has 0 unspecified atom stereocenters. The minimum atomic E-state index is -2.08. The molecule has 10 nitrogen and oxygen atoms in total. The normalized spacial score (nSPS) is 26.7. The Hall–Kier alpha value is -0.430. The second-order valence-electron chi connectivity index (χ2n) is 9.12. The molecule has 0 aromatic heterocycles. The minimum absolute atomic E-state index is 0. The first kappa shape index (κ1) is 37.7. The van der Waals surface area contributed by atoms with Gasteiger partial charge in [-0.25, -0.2) is 0 Å². The predicted molar refractivity (Wildman–Crippen MR) is 117 cm³/mol. The van der Waals surface area contributed by atoms with Crippen LogP contribution in [0.1, 0.15) is 59.3 Å². The molecule has 12 heteroatoms. The molecule has 0 bridgehead atoms. The second-order valence-corrected chi connectivity index (χ2v) is 9.12.